The quantitative estimate of drug-likeness (QED) is 0.362. The minimum Gasteiger partial charge on any atom is -0.443 e. The minimum absolute atomic E-state index is 0.221. The van der Waals surface area contributed by atoms with Crippen LogP contribution in [0.25, 0.3) is 11.3 Å². The van der Waals surface area contributed by atoms with E-state index in [-0.39, 0.29) is 11.5 Å². The number of aromatic nitrogens is 1. The van der Waals surface area contributed by atoms with Gasteiger partial charge in [-0.2, -0.15) is 9.64 Å². The Morgan fingerprint density at radius 1 is 1.33 bits per heavy atom. The summed E-state index contributed by atoms with van der Waals surface area (Å²) in [5.74, 6) is 1.14. The van der Waals surface area contributed by atoms with Gasteiger partial charge in [-0.1, -0.05) is 37.6 Å². The highest BCUT2D eigenvalue weighted by atomic mass is 35.5. The second-order valence-corrected chi connectivity index (χ2v) is 8.03. The Balaban J connectivity index is 1.96. The maximum absolute atomic E-state index is 13.6. The third kappa shape index (κ3) is 4.61. The van der Waals surface area contributed by atoms with E-state index in [1.165, 1.54) is 12.1 Å². The summed E-state index contributed by atoms with van der Waals surface area (Å²) in [4.78, 5) is 4.59. The molecule has 3 aromatic rings. The Hall–Kier alpha value is -2.95. The molecule has 0 saturated carbocycles. The summed E-state index contributed by atoms with van der Waals surface area (Å²) in [6.07, 6.45) is 0. The van der Waals surface area contributed by atoms with Crippen molar-refractivity contribution < 1.29 is 9.13 Å². The van der Waals surface area contributed by atoms with Gasteiger partial charge in [-0.15, -0.1) is 0 Å². The summed E-state index contributed by atoms with van der Waals surface area (Å²) in [7, 11) is 1.82. The molecule has 8 heteroatoms. The van der Waals surface area contributed by atoms with Gasteiger partial charge in [0.25, 0.3) is 0 Å². The van der Waals surface area contributed by atoms with Crippen molar-refractivity contribution in [2.24, 2.45) is 10.9 Å². The molecule has 0 bridgehead atoms. The van der Waals surface area contributed by atoms with Crippen LogP contribution in [0.5, 0.6) is 10.8 Å². The van der Waals surface area contributed by atoms with Crippen molar-refractivity contribution >= 4 is 34.7 Å². The molecule has 0 saturated heterocycles. The highest BCUT2D eigenvalue weighted by molar-refractivity contribution is 7.08. The molecule has 30 heavy (non-hydrogen) atoms. The molecule has 0 aliphatic rings. The molecular weight excluding hydrogens is 423 g/mol. The first kappa shape index (κ1) is 21.8. The summed E-state index contributed by atoms with van der Waals surface area (Å²) >= 11 is 7.47. The number of hydrogen-bond acceptors (Lipinski definition) is 5. The van der Waals surface area contributed by atoms with E-state index in [1.807, 2.05) is 33.9 Å². The fourth-order valence-corrected chi connectivity index (χ4v) is 3.75. The Morgan fingerprint density at radius 3 is 2.73 bits per heavy atom. The zero-order valence-electron chi connectivity index (χ0n) is 17.0. The molecule has 154 valence electrons. The average molecular weight is 443 g/mol. The number of nitrogens with one attached hydrogen (secondary N) is 1. The second kappa shape index (κ2) is 9.24. The normalized spacial score (nSPS) is 11.5. The molecule has 0 amide bonds. The predicted octanol–water partition coefficient (Wildman–Crippen LogP) is 6.48. The molecule has 0 unspecified atom stereocenters. The van der Waals surface area contributed by atoms with E-state index in [1.54, 1.807) is 18.2 Å². The molecule has 1 aromatic heterocycles. The van der Waals surface area contributed by atoms with E-state index in [0.29, 0.717) is 32.8 Å². The van der Waals surface area contributed by atoms with Crippen LogP contribution in [0.4, 0.5) is 10.1 Å². The number of halogens is 2. The number of aryl methyl sites for hydroxylation is 1. The Labute approximate surface area is 184 Å². The van der Waals surface area contributed by atoms with Gasteiger partial charge in [-0.25, -0.2) is 9.38 Å². The summed E-state index contributed by atoms with van der Waals surface area (Å²) in [6, 6.07) is 11.6. The van der Waals surface area contributed by atoms with E-state index in [4.69, 9.17) is 16.3 Å². The highest BCUT2D eigenvalue weighted by Crippen LogP contribution is 2.40. The smallest absolute Gasteiger partial charge is 0.218 e. The summed E-state index contributed by atoms with van der Waals surface area (Å²) in [6.45, 7) is 5.95. The molecule has 2 aromatic carbocycles. The van der Waals surface area contributed by atoms with Gasteiger partial charge in [0.05, 0.1) is 10.7 Å². The lowest BCUT2D eigenvalue weighted by Crippen LogP contribution is -2.23. The van der Waals surface area contributed by atoms with Gasteiger partial charge in [-0.05, 0) is 30.7 Å². The van der Waals surface area contributed by atoms with E-state index < -0.39 is 5.82 Å². The van der Waals surface area contributed by atoms with Crippen molar-refractivity contribution in [2.75, 3.05) is 7.05 Å². The molecule has 1 N–H and O–H groups in total. The van der Waals surface area contributed by atoms with Crippen LogP contribution in [0.3, 0.4) is 0 Å². The van der Waals surface area contributed by atoms with Crippen molar-refractivity contribution in [3.63, 3.8) is 0 Å². The van der Waals surface area contributed by atoms with Crippen molar-refractivity contribution in [3.05, 3.63) is 58.4 Å². The lowest BCUT2D eigenvalue weighted by molar-refractivity contribution is 0.491. The second-order valence-electron chi connectivity index (χ2n) is 6.89. The maximum atomic E-state index is 13.6. The number of nitrogens with zero attached hydrogens (tertiary/aromatic N) is 3. The maximum Gasteiger partial charge on any atom is 0.218 e. The van der Waals surface area contributed by atoms with Gasteiger partial charge in [0.2, 0.25) is 5.06 Å². The topological polar surface area (TPSA) is 70.3 Å². The summed E-state index contributed by atoms with van der Waals surface area (Å²) in [5, 5.41) is 13.5. The number of benzene rings is 2. The summed E-state index contributed by atoms with van der Waals surface area (Å²) < 4.78 is 23.8. The van der Waals surface area contributed by atoms with Gasteiger partial charge >= 0.3 is 0 Å². The number of aliphatic imine (C=N–C) groups is 1. The largest absolute Gasteiger partial charge is 0.443 e. The van der Waals surface area contributed by atoms with Gasteiger partial charge in [0.1, 0.15) is 34.7 Å². The molecule has 0 atom stereocenters. The van der Waals surface area contributed by atoms with E-state index >= 15 is 0 Å². The Morgan fingerprint density at radius 2 is 2.10 bits per heavy atom. The zero-order valence-corrected chi connectivity index (χ0v) is 18.5. The third-order valence-electron chi connectivity index (χ3n) is 4.36. The SMILES string of the molecule is CNC(=Nc1cc(C)c(Oc2snc(-c3cccc(F)c3)c2C#N)cc1Cl)C(C)C. The Kier molecular flexibility index (Phi) is 6.70. The van der Waals surface area contributed by atoms with Crippen LogP contribution in [-0.4, -0.2) is 17.3 Å². The van der Waals surface area contributed by atoms with Crippen LogP contribution in [-0.2, 0) is 0 Å². The fraction of sp³-hybridized carbons (Fsp3) is 0.227. The van der Waals surface area contributed by atoms with Gasteiger partial charge in [0, 0.05) is 36.1 Å². The fourth-order valence-electron chi connectivity index (χ4n) is 2.82. The Bertz CT molecular complexity index is 1150. The first-order valence-corrected chi connectivity index (χ1v) is 10.4. The predicted molar refractivity (Wildman–Crippen MR) is 119 cm³/mol. The van der Waals surface area contributed by atoms with Crippen molar-refractivity contribution in [2.45, 2.75) is 20.8 Å². The van der Waals surface area contributed by atoms with Crippen LogP contribution < -0.4 is 10.1 Å². The van der Waals surface area contributed by atoms with E-state index in [9.17, 15) is 9.65 Å². The third-order valence-corrected chi connectivity index (χ3v) is 5.39. The van der Waals surface area contributed by atoms with Crippen LogP contribution >= 0.6 is 23.1 Å². The van der Waals surface area contributed by atoms with Crippen LogP contribution in [0.2, 0.25) is 5.02 Å². The molecule has 0 aliphatic carbocycles. The number of amidine groups is 1. The van der Waals surface area contributed by atoms with E-state index in [0.717, 1.165) is 22.9 Å². The van der Waals surface area contributed by atoms with Crippen molar-refractivity contribution in [1.82, 2.24) is 9.69 Å². The summed E-state index contributed by atoms with van der Waals surface area (Å²) in [5.41, 5.74) is 2.59. The monoisotopic (exact) mass is 442 g/mol. The van der Waals surface area contributed by atoms with Gasteiger partial charge in [0.15, 0.2) is 0 Å². The van der Waals surface area contributed by atoms with Crippen LogP contribution in [0, 0.1) is 30.0 Å². The molecule has 3 rings (SSSR count). The van der Waals surface area contributed by atoms with Crippen LogP contribution in [0.1, 0.15) is 25.0 Å². The van der Waals surface area contributed by atoms with Crippen molar-refractivity contribution in [1.29, 1.82) is 5.26 Å². The lowest BCUT2D eigenvalue weighted by Gasteiger charge is -2.12. The average Bonchev–Trinajstić information content (AvgIpc) is 3.11. The first-order chi connectivity index (χ1) is 14.3. The molecule has 5 nitrogen and oxygen atoms in total. The number of hydrogen-bond donors (Lipinski definition) is 1. The van der Waals surface area contributed by atoms with E-state index in [2.05, 4.69) is 20.8 Å². The van der Waals surface area contributed by atoms with Gasteiger partial charge in [-0.3, -0.25) is 0 Å². The number of nitriles is 1. The lowest BCUT2D eigenvalue weighted by atomic mass is 10.1. The number of ether oxygens (including phenoxy) is 1. The molecular formula is C22H20ClFN4OS. The highest BCUT2D eigenvalue weighted by Gasteiger charge is 2.19. The first-order valence-electron chi connectivity index (χ1n) is 9.24. The molecule has 0 aliphatic heterocycles. The molecule has 0 fully saturated rings. The molecule has 0 radical (unpaired) electrons. The van der Waals surface area contributed by atoms with Crippen LogP contribution in [0.15, 0.2) is 41.4 Å². The molecule has 1 heterocycles. The van der Waals surface area contributed by atoms with Crippen molar-refractivity contribution in [3.8, 4) is 28.1 Å². The molecule has 0 spiro atoms. The minimum atomic E-state index is -0.395. The van der Waals surface area contributed by atoms with Gasteiger partial charge < -0.3 is 10.1 Å². The number of rotatable bonds is 5. The standard InChI is InChI=1S/C22H20ClFN4OS/c1-12(2)21(26-4)27-18-8-13(3)19(10-17(18)23)29-22-16(11-25)20(28-30-22)14-6-5-7-15(24)9-14/h5-10,12H,1-4H3,(H,26,27). The zero-order chi connectivity index (χ0) is 21.8.